The molecule has 1 heterocycles. The molecule has 0 fully saturated rings. The number of para-hydroxylation sites is 1. The van der Waals surface area contributed by atoms with Crippen molar-refractivity contribution in [1.82, 2.24) is 9.88 Å². The molecule has 3 rings (SSSR count). The fourth-order valence-corrected chi connectivity index (χ4v) is 3.05. The Morgan fingerprint density at radius 1 is 1.08 bits per heavy atom. The van der Waals surface area contributed by atoms with Gasteiger partial charge in [-0.05, 0) is 61.4 Å². The molecule has 0 aliphatic rings. The van der Waals surface area contributed by atoms with Crippen LogP contribution >= 0.6 is 0 Å². The molecule has 0 saturated carbocycles. The van der Waals surface area contributed by atoms with Gasteiger partial charge in [-0.3, -0.25) is 4.79 Å². The van der Waals surface area contributed by atoms with Crippen molar-refractivity contribution in [2.75, 3.05) is 6.54 Å². The molecule has 134 valence electrons. The van der Waals surface area contributed by atoms with Gasteiger partial charge in [0.2, 0.25) is 0 Å². The number of nitrogens with zero attached hydrogens (tertiary/aromatic N) is 1. The molecule has 3 nitrogen and oxygen atoms in total. The molecule has 0 aliphatic heterocycles. The van der Waals surface area contributed by atoms with Crippen LogP contribution in [0.3, 0.4) is 0 Å². The quantitative estimate of drug-likeness (QED) is 0.615. The lowest BCUT2D eigenvalue weighted by molar-refractivity contribution is 0.0952. The van der Waals surface area contributed by atoms with E-state index in [1.165, 1.54) is 12.1 Å². The fourth-order valence-electron chi connectivity index (χ4n) is 3.05. The first-order valence-corrected chi connectivity index (χ1v) is 8.93. The van der Waals surface area contributed by atoms with E-state index < -0.39 is 0 Å². The highest BCUT2D eigenvalue weighted by molar-refractivity contribution is 5.97. The molecule has 0 bridgehead atoms. The molecule has 26 heavy (non-hydrogen) atoms. The number of nitrogens with one attached hydrogen (secondary N) is 1. The topological polar surface area (TPSA) is 34.0 Å². The number of carbonyl (C=O) groups excluding carboxylic acids is 1. The molecule has 1 N–H and O–H groups in total. The van der Waals surface area contributed by atoms with Crippen LogP contribution in [0.25, 0.3) is 16.9 Å². The zero-order valence-electron chi connectivity index (χ0n) is 15.1. The molecule has 0 atom stereocenters. The molecule has 0 saturated heterocycles. The average molecular weight is 350 g/mol. The maximum absolute atomic E-state index is 13.3. The van der Waals surface area contributed by atoms with E-state index in [9.17, 15) is 9.18 Å². The number of aromatic nitrogens is 1. The standard InChI is InChI=1S/C22H23FN2O/c1-3-4-14-24-22(26)20-15-21(17-10-12-18(23)13-11-17)25(16(20)2)19-8-6-5-7-9-19/h5-13,15H,3-4,14H2,1-2H3,(H,24,26). The van der Waals surface area contributed by atoms with Crippen molar-refractivity contribution >= 4 is 5.91 Å². The van der Waals surface area contributed by atoms with Gasteiger partial charge in [-0.15, -0.1) is 0 Å². The number of hydrogen-bond donors (Lipinski definition) is 1. The highest BCUT2D eigenvalue weighted by atomic mass is 19.1. The third-order valence-corrected chi connectivity index (χ3v) is 4.46. The number of carbonyl (C=O) groups is 1. The smallest absolute Gasteiger partial charge is 0.253 e. The van der Waals surface area contributed by atoms with Crippen molar-refractivity contribution in [1.29, 1.82) is 0 Å². The summed E-state index contributed by atoms with van der Waals surface area (Å²) >= 11 is 0. The van der Waals surface area contributed by atoms with Gasteiger partial charge in [-0.25, -0.2) is 4.39 Å². The lowest BCUT2D eigenvalue weighted by Gasteiger charge is -2.12. The Balaban J connectivity index is 2.08. The zero-order valence-corrected chi connectivity index (χ0v) is 15.1. The van der Waals surface area contributed by atoms with Crippen LogP contribution in [0.2, 0.25) is 0 Å². The summed E-state index contributed by atoms with van der Waals surface area (Å²) in [5.74, 6) is -0.352. The van der Waals surface area contributed by atoms with E-state index in [1.807, 2.05) is 47.9 Å². The Kier molecular flexibility index (Phi) is 5.52. The second-order valence-corrected chi connectivity index (χ2v) is 6.32. The maximum atomic E-state index is 13.3. The second kappa shape index (κ2) is 8.00. The van der Waals surface area contributed by atoms with Crippen LogP contribution in [0.15, 0.2) is 60.7 Å². The predicted molar refractivity (Wildman–Crippen MR) is 103 cm³/mol. The summed E-state index contributed by atoms with van der Waals surface area (Å²) in [6, 6.07) is 18.1. The second-order valence-electron chi connectivity index (χ2n) is 6.32. The minimum Gasteiger partial charge on any atom is -0.352 e. The van der Waals surface area contributed by atoms with Crippen LogP contribution in [0.4, 0.5) is 4.39 Å². The lowest BCUT2D eigenvalue weighted by Crippen LogP contribution is -2.24. The fraction of sp³-hybridized carbons (Fsp3) is 0.227. The SMILES string of the molecule is CCCCNC(=O)c1cc(-c2ccc(F)cc2)n(-c2ccccc2)c1C. The maximum Gasteiger partial charge on any atom is 0.253 e. The predicted octanol–water partition coefficient (Wildman–Crippen LogP) is 5.12. The van der Waals surface area contributed by atoms with Gasteiger partial charge in [0.05, 0.1) is 11.3 Å². The highest BCUT2D eigenvalue weighted by Gasteiger charge is 2.19. The molecular weight excluding hydrogens is 327 g/mol. The lowest BCUT2D eigenvalue weighted by atomic mass is 10.1. The molecule has 0 unspecified atom stereocenters. The van der Waals surface area contributed by atoms with Gasteiger partial charge in [0, 0.05) is 17.9 Å². The molecule has 2 aromatic carbocycles. The molecule has 0 spiro atoms. The number of benzene rings is 2. The van der Waals surface area contributed by atoms with E-state index in [0.717, 1.165) is 35.5 Å². The molecule has 1 amide bonds. The largest absolute Gasteiger partial charge is 0.352 e. The van der Waals surface area contributed by atoms with Crippen LogP contribution in [-0.4, -0.2) is 17.0 Å². The van der Waals surface area contributed by atoms with Gasteiger partial charge >= 0.3 is 0 Å². The third-order valence-electron chi connectivity index (χ3n) is 4.46. The first-order valence-electron chi connectivity index (χ1n) is 8.93. The molecular formula is C22H23FN2O. The van der Waals surface area contributed by atoms with Gasteiger partial charge in [-0.1, -0.05) is 31.5 Å². The van der Waals surface area contributed by atoms with Gasteiger partial charge in [0.15, 0.2) is 0 Å². The minimum atomic E-state index is -0.277. The van der Waals surface area contributed by atoms with E-state index in [4.69, 9.17) is 0 Å². The van der Waals surface area contributed by atoms with Crippen molar-refractivity contribution in [2.24, 2.45) is 0 Å². The Morgan fingerprint density at radius 3 is 2.42 bits per heavy atom. The van der Waals surface area contributed by atoms with E-state index in [-0.39, 0.29) is 11.7 Å². The summed E-state index contributed by atoms with van der Waals surface area (Å²) in [6.07, 6.45) is 1.99. The van der Waals surface area contributed by atoms with Crippen LogP contribution < -0.4 is 5.32 Å². The van der Waals surface area contributed by atoms with Crippen LogP contribution in [0, 0.1) is 12.7 Å². The minimum absolute atomic E-state index is 0.0750. The summed E-state index contributed by atoms with van der Waals surface area (Å²) < 4.78 is 15.4. The van der Waals surface area contributed by atoms with E-state index >= 15 is 0 Å². The van der Waals surface area contributed by atoms with Gasteiger partial charge in [0.1, 0.15) is 5.82 Å². The number of halogens is 1. The Bertz CT molecular complexity index is 883. The van der Waals surface area contributed by atoms with E-state index in [2.05, 4.69) is 12.2 Å². The number of rotatable bonds is 6. The van der Waals surface area contributed by atoms with Crippen molar-refractivity contribution in [2.45, 2.75) is 26.7 Å². The van der Waals surface area contributed by atoms with Crippen LogP contribution in [0.5, 0.6) is 0 Å². The monoisotopic (exact) mass is 350 g/mol. The van der Waals surface area contributed by atoms with Crippen molar-refractivity contribution in [3.05, 3.63) is 77.7 Å². The van der Waals surface area contributed by atoms with E-state index in [0.29, 0.717) is 12.1 Å². The Labute approximate surface area is 153 Å². The summed E-state index contributed by atoms with van der Waals surface area (Å²) in [5.41, 5.74) is 4.21. The summed E-state index contributed by atoms with van der Waals surface area (Å²) in [6.45, 7) is 4.70. The molecule has 3 aromatic rings. The van der Waals surface area contributed by atoms with Crippen molar-refractivity contribution in [3.8, 4) is 16.9 Å². The summed E-state index contributed by atoms with van der Waals surface area (Å²) in [5, 5.41) is 2.98. The van der Waals surface area contributed by atoms with Crippen LogP contribution in [-0.2, 0) is 0 Å². The van der Waals surface area contributed by atoms with Crippen LogP contribution in [0.1, 0.15) is 35.8 Å². The average Bonchev–Trinajstić information content (AvgIpc) is 3.00. The number of hydrogen-bond acceptors (Lipinski definition) is 1. The summed E-state index contributed by atoms with van der Waals surface area (Å²) in [4.78, 5) is 12.6. The Hall–Kier alpha value is -2.88. The van der Waals surface area contributed by atoms with Crippen molar-refractivity contribution < 1.29 is 9.18 Å². The normalized spacial score (nSPS) is 10.7. The van der Waals surface area contributed by atoms with Crippen molar-refractivity contribution in [3.63, 3.8) is 0 Å². The number of unbranched alkanes of at least 4 members (excludes halogenated alkanes) is 1. The molecule has 0 aliphatic carbocycles. The first-order chi connectivity index (χ1) is 12.6. The van der Waals surface area contributed by atoms with E-state index in [1.54, 1.807) is 12.1 Å². The first kappa shape index (κ1) is 17.9. The zero-order chi connectivity index (χ0) is 18.5. The molecule has 4 heteroatoms. The Morgan fingerprint density at radius 2 is 1.77 bits per heavy atom. The molecule has 0 radical (unpaired) electrons. The van der Waals surface area contributed by atoms with Gasteiger partial charge in [0.25, 0.3) is 5.91 Å². The highest BCUT2D eigenvalue weighted by Crippen LogP contribution is 2.29. The summed E-state index contributed by atoms with van der Waals surface area (Å²) in [7, 11) is 0. The van der Waals surface area contributed by atoms with Gasteiger partial charge < -0.3 is 9.88 Å². The number of amides is 1. The molecule has 1 aromatic heterocycles. The third kappa shape index (κ3) is 3.69. The van der Waals surface area contributed by atoms with Gasteiger partial charge in [-0.2, -0.15) is 0 Å².